The van der Waals surface area contributed by atoms with E-state index in [2.05, 4.69) is 10.4 Å². The molecular formula is C19H19ClN4O2. The molecule has 0 bridgehead atoms. The second-order valence-corrected chi connectivity index (χ2v) is 6.77. The van der Waals surface area contributed by atoms with E-state index in [9.17, 15) is 4.79 Å². The molecule has 1 amide bonds. The van der Waals surface area contributed by atoms with Crippen molar-refractivity contribution in [3.05, 3.63) is 59.4 Å². The van der Waals surface area contributed by atoms with Gasteiger partial charge in [-0.1, -0.05) is 17.7 Å². The van der Waals surface area contributed by atoms with Crippen LogP contribution in [0.3, 0.4) is 0 Å². The Balaban J connectivity index is 1.77. The van der Waals surface area contributed by atoms with E-state index in [4.69, 9.17) is 16.0 Å². The number of amides is 1. The maximum Gasteiger partial charge on any atom is 0.274 e. The maximum atomic E-state index is 13.0. The molecular weight excluding hydrogens is 352 g/mol. The van der Waals surface area contributed by atoms with E-state index in [1.54, 1.807) is 23.1 Å². The van der Waals surface area contributed by atoms with E-state index in [-0.39, 0.29) is 11.9 Å². The summed E-state index contributed by atoms with van der Waals surface area (Å²) in [5.41, 5.74) is 1.88. The number of carbonyl (C=O) groups excluding carboxylic acids is 1. The first kappa shape index (κ1) is 16.9. The molecule has 134 valence electrons. The third-order valence-electron chi connectivity index (χ3n) is 4.52. The van der Waals surface area contributed by atoms with Crippen molar-refractivity contribution in [3.8, 4) is 17.1 Å². The van der Waals surface area contributed by atoms with Crippen molar-refractivity contribution in [2.75, 3.05) is 19.6 Å². The van der Waals surface area contributed by atoms with Gasteiger partial charge in [0.15, 0.2) is 11.5 Å². The van der Waals surface area contributed by atoms with Crippen LogP contribution in [0.5, 0.6) is 0 Å². The van der Waals surface area contributed by atoms with E-state index in [0.717, 1.165) is 18.8 Å². The Morgan fingerprint density at radius 3 is 2.92 bits per heavy atom. The fraction of sp³-hybridized carbons (Fsp3) is 0.263. The molecule has 0 aliphatic carbocycles. The van der Waals surface area contributed by atoms with Gasteiger partial charge < -0.3 is 14.6 Å². The van der Waals surface area contributed by atoms with Crippen LogP contribution in [0, 0.1) is 0 Å². The molecule has 7 heteroatoms. The third-order valence-corrected chi connectivity index (χ3v) is 4.75. The highest BCUT2D eigenvalue weighted by molar-refractivity contribution is 6.30. The largest absolute Gasteiger partial charge is 0.463 e. The van der Waals surface area contributed by atoms with Crippen LogP contribution in [0.25, 0.3) is 17.1 Å². The zero-order valence-electron chi connectivity index (χ0n) is 14.4. The van der Waals surface area contributed by atoms with Crippen molar-refractivity contribution < 1.29 is 9.21 Å². The van der Waals surface area contributed by atoms with Crippen LogP contribution >= 0.6 is 11.6 Å². The zero-order chi connectivity index (χ0) is 18.1. The molecule has 2 aromatic heterocycles. The summed E-state index contributed by atoms with van der Waals surface area (Å²) >= 11 is 6.14. The summed E-state index contributed by atoms with van der Waals surface area (Å²) in [6.07, 6.45) is 1.60. The monoisotopic (exact) mass is 370 g/mol. The Kier molecular flexibility index (Phi) is 4.53. The number of furan rings is 1. The molecule has 1 saturated heterocycles. The van der Waals surface area contributed by atoms with Gasteiger partial charge in [-0.2, -0.15) is 5.10 Å². The number of halogens is 1. The minimum absolute atomic E-state index is 0.0763. The van der Waals surface area contributed by atoms with Gasteiger partial charge >= 0.3 is 0 Å². The Labute approximate surface area is 156 Å². The van der Waals surface area contributed by atoms with Gasteiger partial charge in [-0.3, -0.25) is 4.79 Å². The summed E-state index contributed by atoms with van der Waals surface area (Å²) in [5, 5.41) is 8.47. The summed E-state index contributed by atoms with van der Waals surface area (Å²) in [5.74, 6) is 0.567. The molecule has 6 nitrogen and oxygen atoms in total. The quantitative estimate of drug-likeness (QED) is 0.768. The average molecular weight is 371 g/mol. The summed E-state index contributed by atoms with van der Waals surface area (Å²) in [6, 6.07) is 12.9. The number of hydrogen-bond acceptors (Lipinski definition) is 4. The Morgan fingerprint density at radius 1 is 1.31 bits per heavy atom. The van der Waals surface area contributed by atoms with Gasteiger partial charge in [0.1, 0.15) is 5.69 Å². The molecule has 0 spiro atoms. The first-order chi connectivity index (χ1) is 12.6. The van der Waals surface area contributed by atoms with Gasteiger partial charge in [-0.05, 0) is 37.3 Å². The van der Waals surface area contributed by atoms with Crippen LogP contribution in [-0.2, 0) is 0 Å². The summed E-state index contributed by atoms with van der Waals surface area (Å²) in [7, 11) is 0. The van der Waals surface area contributed by atoms with E-state index < -0.39 is 0 Å². The number of carbonyl (C=O) groups is 1. The Hall–Kier alpha value is -2.57. The minimum atomic E-state index is -0.0763. The van der Waals surface area contributed by atoms with E-state index >= 15 is 0 Å². The lowest BCUT2D eigenvalue weighted by Crippen LogP contribution is -2.52. The third kappa shape index (κ3) is 3.13. The second-order valence-electron chi connectivity index (χ2n) is 6.34. The number of nitrogens with zero attached hydrogens (tertiary/aromatic N) is 3. The van der Waals surface area contributed by atoms with Crippen molar-refractivity contribution in [2.24, 2.45) is 0 Å². The van der Waals surface area contributed by atoms with Crippen molar-refractivity contribution in [3.63, 3.8) is 0 Å². The Bertz CT molecular complexity index is 920. The van der Waals surface area contributed by atoms with Gasteiger partial charge in [0, 0.05) is 36.8 Å². The predicted molar refractivity (Wildman–Crippen MR) is 99.6 cm³/mol. The molecule has 0 radical (unpaired) electrons. The topological polar surface area (TPSA) is 63.3 Å². The fourth-order valence-electron chi connectivity index (χ4n) is 3.18. The molecule has 0 unspecified atom stereocenters. The number of hydrogen-bond donors (Lipinski definition) is 1. The highest BCUT2D eigenvalue weighted by Crippen LogP contribution is 2.26. The lowest BCUT2D eigenvalue weighted by Gasteiger charge is -2.33. The normalized spacial score (nSPS) is 17.5. The molecule has 3 aromatic rings. The predicted octanol–water partition coefficient (Wildman–Crippen LogP) is 3.22. The van der Waals surface area contributed by atoms with Crippen molar-refractivity contribution in [1.29, 1.82) is 0 Å². The number of aromatic nitrogens is 2. The van der Waals surface area contributed by atoms with Crippen LogP contribution in [-0.4, -0.2) is 46.3 Å². The summed E-state index contributed by atoms with van der Waals surface area (Å²) < 4.78 is 7.24. The molecule has 1 aliphatic rings. The van der Waals surface area contributed by atoms with Crippen molar-refractivity contribution >= 4 is 17.5 Å². The molecule has 1 N–H and O–H groups in total. The minimum Gasteiger partial charge on any atom is -0.463 e. The molecule has 3 heterocycles. The van der Waals surface area contributed by atoms with E-state index in [0.29, 0.717) is 28.7 Å². The van der Waals surface area contributed by atoms with Crippen molar-refractivity contribution in [1.82, 2.24) is 20.0 Å². The van der Waals surface area contributed by atoms with Gasteiger partial charge in [0.2, 0.25) is 0 Å². The van der Waals surface area contributed by atoms with Crippen molar-refractivity contribution in [2.45, 2.75) is 13.0 Å². The van der Waals surface area contributed by atoms with Gasteiger partial charge in [-0.25, -0.2) is 4.68 Å². The zero-order valence-corrected chi connectivity index (χ0v) is 15.1. The van der Waals surface area contributed by atoms with Crippen LogP contribution in [0.1, 0.15) is 17.4 Å². The summed E-state index contributed by atoms with van der Waals surface area (Å²) in [6.45, 7) is 4.27. The molecule has 1 aromatic carbocycles. The molecule has 1 aliphatic heterocycles. The highest BCUT2D eigenvalue weighted by Gasteiger charge is 2.27. The van der Waals surface area contributed by atoms with E-state index in [1.807, 2.05) is 42.2 Å². The van der Waals surface area contributed by atoms with E-state index in [1.165, 1.54) is 0 Å². The number of nitrogens with one attached hydrogen (secondary N) is 1. The smallest absolute Gasteiger partial charge is 0.274 e. The number of benzene rings is 1. The first-order valence-corrected chi connectivity index (χ1v) is 8.93. The first-order valence-electron chi connectivity index (χ1n) is 8.55. The molecule has 26 heavy (non-hydrogen) atoms. The SMILES string of the molecule is C[C@H]1CNCCN1C(=O)c1cc(-c2ccco2)n(-c2cccc(Cl)c2)n1. The maximum absolute atomic E-state index is 13.0. The average Bonchev–Trinajstić information content (AvgIpc) is 3.31. The van der Waals surface area contributed by atoms with Gasteiger partial charge in [0.25, 0.3) is 5.91 Å². The van der Waals surface area contributed by atoms with Gasteiger partial charge in [0.05, 0.1) is 12.0 Å². The molecule has 1 fully saturated rings. The number of rotatable bonds is 3. The lowest BCUT2D eigenvalue weighted by molar-refractivity contribution is 0.0649. The van der Waals surface area contributed by atoms with Crippen LogP contribution in [0.4, 0.5) is 0 Å². The fourth-order valence-corrected chi connectivity index (χ4v) is 3.36. The van der Waals surface area contributed by atoms with Crippen LogP contribution < -0.4 is 5.32 Å². The standard InChI is InChI=1S/C19H19ClN4O2/c1-13-12-21-7-8-23(13)19(25)16-11-17(18-6-3-9-26-18)24(22-16)15-5-2-4-14(20)10-15/h2-6,9-11,13,21H,7-8,12H2,1H3/t13-/m0/s1. The molecule has 0 saturated carbocycles. The summed E-state index contributed by atoms with van der Waals surface area (Å²) in [4.78, 5) is 14.9. The molecule has 1 atom stereocenters. The Morgan fingerprint density at radius 2 is 2.19 bits per heavy atom. The second kappa shape index (κ2) is 6.97. The lowest BCUT2D eigenvalue weighted by atomic mass is 10.2. The number of piperazine rings is 1. The molecule has 4 rings (SSSR count). The van der Waals surface area contributed by atoms with Crippen LogP contribution in [0.2, 0.25) is 5.02 Å². The highest BCUT2D eigenvalue weighted by atomic mass is 35.5. The van der Waals surface area contributed by atoms with Crippen LogP contribution in [0.15, 0.2) is 53.1 Å². The van der Waals surface area contributed by atoms with Gasteiger partial charge in [-0.15, -0.1) is 0 Å².